The Kier molecular flexibility index (Phi) is 5.98. The fourth-order valence-corrected chi connectivity index (χ4v) is 2.36. The molecule has 0 bridgehead atoms. The van der Waals surface area contributed by atoms with E-state index in [1.807, 2.05) is 0 Å². The first kappa shape index (κ1) is 18.4. The van der Waals surface area contributed by atoms with Crippen LogP contribution in [0.1, 0.15) is 5.56 Å². The highest BCUT2D eigenvalue weighted by Crippen LogP contribution is 2.28. The lowest BCUT2D eigenvalue weighted by Gasteiger charge is -2.08. The molecule has 0 fully saturated rings. The van der Waals surface area contributed by atoms with Gasteiger partial charge in [-0.05, 0) is 36.4 Å². The van der Waals surface area contributed by atoms with Gasteiger partial charge in [0.05, 0.1) is 20.1 Å². The van der Waals surface area contributed by atoms with Gasteiger partial charge in [-0.2, -0.15) is 5.26 Å². The zero-order valence-electron chi connectivity index (χ0n) is 11.8. The second kappa shape index (κ2) is 7.78. The number of aliphatic hydroxyl groups excluding tert-OH is 1. The quantitative estimate of drug-likeness (QED) is 0.391. The minimum absolute atomic E-state index is 0.183. The lowest BCUT2D eigenvalue weighted by Crippen LogP contribution is -2.15. The van der Waals surface area contributed by atoms with Crippen molar-refractivity contribution < 1.29 is 9.90 Å². The summed E-state index contributed by atoms with van der Waals surface area (Å²) in [5, 5.41) is 22.9. The van der Waals surface area contributed by atoms with Crippen LogP contribution in [-0.4, -0.2) is 11.0 Å². The highest BCUT2D eigenvalue weighted by molar-refractivity contribution is 6.42. The van der Waals surface area contributed by atoms with Gasteiger partial charge >= 0.3 is 0 Å². The van der Waals surface area contributed by atoms with Crippen molar-refractivity contribution in [2.45, 2.75) is 0 Å². The molecule has 0 aliphatic carbocycles. The van der Waals surface area contributed by atoms with Crippen molar-refractivity contribution in [2.24, 2.45) is 0 Å². The summed E-state index contributed by atoms with van der Waals surface area (Å²) in [6.07, 6.45) is 0. The fraction of sp³-hybridized carbons (Fsp3) is 0. The Morgan fingerprint density at radius 1 is 0.958 bits per heavy atom. The van der Waals surface area contributed by atoms with E-state index in [0.29, 0.717) is 10.7 Å². The van der Waals surface area contributed by atoms with E-state index in [1.54, 1.807) is 6.07 Å². The number of nitriles is 1. The molecular formula is C16H8Cl4N2O2. The molecule has 24 heavy (non-hydrogen) atoms. The Bertz CT molecular complexity index is 888. The molecule has 0 aliphatic heterocycles. The van der Waals surface area contributed by atoms with Gasteiger partial charge in [-0.25, -0.2) is 0 Å². The number of amides is 1. The van der Waals surface area contributed by atoms with E-state index in [-0.39, 0.29) is 20.6 Å². The Morgan fingerprint density at radius 3 is 2.08 bits per heavy atom. The second-order valence-electron chi connectivity index (χ2n) is 4.55. The van der Waals surface area contributed by atoms with E-state index in [1.165, 1.54) is 36.4 Å². The number of hydrogen-bond acceptors (Lipinski definition) is 3. The molecular weight excluding hydrogens is 394 g/mol. The van der Waals surface area contributed by atoms with Crippen molar-refractivity contribution in [2.75, 3.05) is 5.32 Å². The highest BCUT2D eigenvalue weighted by atomic mass is 35.5. The van der Waals surface area contributed by atoms with Crippen molar-refractivity contribution in [3.05, 3.63) is 67.6 Å². The van der Waals surface area contributed by atoms with Gasteiger partial charge in [0.1, 0.15) is 11.8 Å². The maximum Gasteiger partial charge on any atom is 0.270 e. The Labute approximate surface area is 157 Å². The van der Waals surface area contributed by atoms with Gasteiger partial charge in [-0.15, -0.1) is 0 Å². The Balaban J connectivity index is 2.34. The van der Waals surface area contributed by atoms with E-state index in [9.17, 15) is 15.2 Å². The van der Waals surface area contributed by atoms with E-state index in [2.05, 4.69) is 5.32 Å². The van der Waals surface area contributed by atoms with Crippen molar-refractivity contribution in [1.82, 2.24) is 0 Å². The number of carbonyl (C=O) groups excluding carboxylic acids is 1. The molecule has 2 aromatic rings. The summed E-state index contributed by atoms with van der Waals surface area (Å²) < 4.78 is 0. The monoisotopic (exact) mass is 400 g/mol. The second-order valence-corrected chi connectivity index (χ2v) is 6.18. The minimum Gasteiger partial charge on any atom is -0.506 e. The number of nitrogens with zero attached hydrogens (tertiary/aromatic N) is 1. The summed E-state index contributed by atoms with van der Waals surface area (Å²) in [5.74, 6) is -1.33. The zero-order chi connectivity index (χ0) is 17.9. The molecule has 2 aromatic carbocycles. The number of benzene rings is 2. The molecule has 0 atom stereocenters. The molecule has 0 unspecified atom stereocenters. The largest absolute Gasteiger partial charge is 0.506 e. The van der Waals surface area contributed by atoms with E-state index in [0.717, 1.165) is 0 Å². The van der Waals surface area contributed by atoms with Crippen molar-refractivity contribution in [1.29, 1.82) is 5.26 Å². The smallest absolute Gasteiger partial charge is 0.270 e. The van der Waals surface area contributed by atoms with Gasteiger partial charge < -0.3 is 10.4 Å². The minimum atomic E-state index is -0.806. The van der Waals surface area contributed by atoms with Gasteiger partial charge in [0.15, 0.2) is 5.57 Å². The third kappa shape index (κ3) is 4.14. The summed E-state index contributed by atoms with van der Waals surface area (Å²) >= 11 is 23.3. The number of hydrogen-bond donors (Lipinski definition) is 2. The highest BCUT2D eigenvalue weighted by Gasteiger charge is 2.18. The predicted molar refractivity (Wildman–Crippen MR) is 96.7 cm³/mol. The van der Waals surface area contributed by atoms with Gasteiger partial charge in [0.25, 0.3) is 5.91 Å². The molecule has 0 aliphatic rings. The SMILES string of the molecule is N#C/C(C(=O)Nc1ccc(Cl)c(Cl)c1)=C(/O)c1ccc(Cl)c(Cl)c1. The van der Waals surface area contributed by atoms with Crippen LogP contribution in [0.5, 0.6) is 0 Å². The van der Waals surface area contributed by atoms with Crippen LogP contribution in [0.2, 0.25) is 20.1 Å². The zero-order valence-corrected chi connectivity index (χ0v) is 14.8. The van der Waals surface area contributed by atoms with Gasteiger partial charge in [-0.1, -0.05) is 46.4 Å². The molecule has 0 heterocycles. The molecule has 0 radical (unpaired) electrons. The molecule has 2 N–H and O–H groups in total. The number of carbonyl (C=O) groups is 1. The first-order valence-electron chi connectivity index (χ1n) is 6.38. The molecule has 4 nitrogen and oxygen atoms in total. The number of aliphatic hydroxyl groups is 1. The van der Waals surface area contributed by atoms with E-state index in [4.69, 9.17) is 46.4 Å². The van der Waals surface area contributed by atoms with Crippen molar-refractivity contribution in [3.8, 4) is 6.07 Å². The summed E-state index contributed by atoms with van der Waals surface area (Å²) in [5.41, 5.74) is 0.0220. The first-order chi connectivity index (χ1) is 11.3. The van der Waals surface area contributed by atoms with E-state index >= 15 is 0 Å². The Hall–Kier alpha value is -1.90. The average Bonchev–Trinajstić information content (AvgIpc) is 2.54. The maximum absolute atomic E-state index is 12.2. The number of rotatable bonds is 3. The molecule has 1 amide bonds. The van der Waals surface area contributed by atoms with Crippen LogP contribution in [0.25, 0.3) is 5.76 Å². The van der Waals surface area contributed by atoms with Crippen molar-refractivity contribution >= 4 is 63.8 Å². The number of halogens is 4. The van der Waals surface area contributed by atoms with Crippen LogP contribution in [0.4, 0.5) is 5.69 Å². The van der Waals surface area contributed by atoms with Crippen LogP contribution in [0.15, 0.2) is 42.0 Å². The summed E-state index contributed by atoms with van der Waals surface area (Å²) in [4.78, 5) is 12.2. The standard InChI is InChI=1S/C16H8Cl4N2O2/c17-11-3-1-8(5-13(11)19)15(23)10(7-21)16(24)22-9-2-4-12(18)14(20)6-9/h1-6,23H,(H,22,24)/b15-10-. The maximum atomic E-state index is 12.2. The topological polar surface area (TPSA) is 73.1 Å². The van der Waals surface area contributed by atoms with E-state index < -0.39 is 17.2 Å². The lowest BCUT2D eigenvalue weighted by molar-refractivity contribution is -0.112. The van der Waals surface area contributed by atoms with Gasteiger partial charge in [0, 0.05) is 11.3 Å². The van der Waals surface area contributed by atoms with Crippen LogP contribution in [-0.2, 0) is 4.79 Å². The molecule has 8 heteroatoms. The average molecular weight is 402 g/mol. The molecule has 2 rings (SSSR count). The third-order valence-corrected chi connectivity index (χ3v) is 4.42. The molecule has 0 saturated heterocycles. The number of anilines is 1. The summed E-state index contributed by atoms with van der Waals surface area (Å²) in [6, 6.07) is 10.3. The van der Waals surface area contributed by atoms with Crippen LogP contribution in [0.3, 0.4) is 0 Å². The Morgan fingerprint density at radius 2 is 1.54 bits per heavy atom. The van der Waals surface area contributed by atoms with Crippen LogP contribution in [0, 0.1) is 11.3 Å². The first-order valence-corrected chi connectivity index (χ1v) is 7.90. The molecule has 0 spiro atoms. The third-order valence-electron chi connectivity index (χ3n) is 2.95. The summed E-state index contributed by atoms with van der Waals surface area (Å²) in [7, 11) is 0. The molecule has 0 aromatic heterocycles. The predicted octanol–water partition coefficient (Wildman–Crippen LogP) is 5.73. The normalized spacial score (nSPS) is 11.5. The lowest BCUT2D eigenvalue weighted by atomic mass is 10.1. The molecule has 0 saturated carbocycles. The van der Waals surface area contributed by atoms with Gasteiger partial charge in [-0.3, -0.25) is 4.79 Å². The van der Waals surface area contributed by atoms with Crippen molar-refractivity contribution in [3.63, 3.8) is 0 Å². The van der Waals surface area contributed by atoms with Crippen LogP contribution >= 0.6 is 46.4 Å². The van der Waals surface area contributed by atoms with Gasteiger partial charge in [0.2, 0.25) is 0 Å². The number of nitrogens with one attached hydrogen (secondary N) is 1. The van der Waals surface area contributed by atoms with Crippen LogP contribution < -0.4 is 5.32 Å². The molecule has 122 valence electrons. The summed E-state index contributed by atoms with van der Waals surface area (Å²) in [6.45, 7) is 0. The fourth-order valence-electron chi connectivity index (χ4n) is 1.77.